The second-order valence-electron chi connectivity index (χ2n) is 7.09. The molecule has 0 heterocycles. The van der Waals surface area contributed by atoms with E-state index in [1.165, 1.54) is 22.3 Å². The second kappa shape index (κ2) is 7.23. The van der Waals surface area contributed by atoms with Gasteiger partial charge in [-0.25, -0.2) is 0 Å². The summed E-state index contributed by atoms with van der Waals surface area (Å²) in [6, 6.07) is 14.8. The Kier molecular flexibility index (Phi) is 5.03. The van der Waals surface area contributed by atoms with Crippen LogP contribution in [-0.4, -0.2) is 5.78 Å². The van der Waals surface area contributed by atoms with Crippen LogP contribution in [-0.2, 0) is 4.79 Å². The smallest absolute Gasteiger partial charge is 0.170 e. The first-order chi connectivity index (χ1) is 12.0. The molecule has 0 N–H and O–H groups in total. The standard InChI is InChI=1S/C24H26O/c1-5-20-11-12-22(21-8-6-7-16(2)13-21)24(25)23(20)15-19-10-9-17(3)18(4)14-19/h5-10,13-15,22H,11-12H2,1-4H3/b20-5-,23-15+. The van der Waals surface area contributed by atoms with Crippen LogP contribution in [0.15, 0.2) is 59.7 Å². The first-order valence-corrected chi connectivity index (χ1v) is 9.05. The molecule has 2 aromatic rings. The van der Waals surface area contributed by atoms with E-state index in [1.807, 2.05) is 6.92 Å². The highest BCUT2D eigenvalue weighted by Crippen LogP contribution is 2.37. The van der Waals surface area contributed by atoms with Gasteiger partial charge >= 0.3 is 0 Å². The molecule has 1 saturated carbocycles. The van der Waals surface area contributed by atoms with Gasteiger partial charge in [0.25, 0.3) is 0 Å². The van der Waals surface area contributed by atoms with Gasteiger partial charge in [-0.2, -0.15) is 0 Å². The molecule has 0 spiro atoms. The quantitative estimate of drug-likeness (QED) is 0.609. The van der Waals surface area contributed by atoms with Gasteiger partial charge < -0.3 is 0 Å². The summed E-state index contributed by atoms with van der Waals surface area (Å²) in [7, 11) is 0. The number of carbonyl (C=O) groups excluding carboxylic acids is 1. The molecule has 0 amide bonds. The first-order valence-electron chi connectivity index (χ1n) is 9.05. The predicted molar refractivity (Wildman–Crippen MR) is 106 cm³/mol. The Morgan fingerprint density at radius 3 is 2.48 bits per heavy atom. The van der Waals surface area contributed by atoms with Crippen molar-refractivity contribution in [1.82, 2.24) is 0 Å². The highest BCUT2D eigenvalue weighted by atomic mass is 16.1. The van der Waals surface area contributed by atoms with Crippen molar-refractivity contribution >= 4 is 11.9 Å². The lowest BCUT2D eigenvalue weighted by atomic mass is 9.76. The van der Waals surface area contributed by atoms with E-state index in [0.717, 1.165) is 29.5 Å². The van der Waals surface area contributed by atoms with Crippen LogP contribution < -0.4 is 0 Å². The van der Waals surface area contributed by atoms with E-state index in [-0.39, 0.29) is 11.7 Å². The molecule has 1 fully saturated rings. The molecule has 2 aromatic carbocycles. The minimum atomic E-state index is -0.0265. The fourth-order valence-electron chi connectivity index (χ4n) is 3.60. The highest BCUT2D eigenvalue weighted by molar-refractivity contribution is 6.08. The van der Waals surface area contributed by atoms with E-state index in [1.54, 1.807) is 0 Å². The molecule has 1 atom stereocenters. The lowest BCUT2D eigenvalue weighted by Crippen LogP contribution is -2.21. The van der Waals surface area contributed by atoms with Gasteiger partial charge in [0, 0.05) is 11.5 Å². The van der Waals surface area contributed by atoms with Gasteiger partial charge in [0.05, 0.1) is 0 Å². The van der Waals surface area contributed by atoms with E-state index in [4.69, 9.17) is 0 Å². The van der Waals surface area contributed by atoms with Gasteiger partial charge in [-0.1, -0.05) is 54.1 Å². The van der Waals surface area contributed by atoms with Gasteiger partial charge in [0.1, 0.15) is 0 Å². The van der Waals surface area contributed by atoms with Crippen LogP contribution in [0.2, 0.25) is 0 Å². The van der Waals surface area contributed by atoms with Gasteiger partial charge in [-0.15, -0.1) is 0 Å². The number of allylic oxidation sites excluding steroid dienone is 3. The number of carbonyl (C=O) groups is 1. The summed E-state index contributed by atoms with van der Waals surface area (Å²) in [6.45, 7) is 8.35. The lowest BCUT2D eigenvalue weighted by Gasteiger charge is -2.26. The second-order valence-corrected chi connectivity index (χ2v) is 7.09. The summed E-state index contributed by atoms with van der Waals surface area (Å²) in [4.78, 5) is 13.3. The lowest BCUT2D eigenvalue weighted by molar-refractivity contribution is -0.117. The Balaban J connectivity index is 2.01. The summed E-state index contributed by atoms with van der Waals surface area (Å²) in [5.41, 5.74) is 8.05. The monoisotopic (exact) mass is 330 g/mol. The number of hydrogen-bond acceptors (Lipinski definition) is 1. The van der Waals surface area contributed by atoms with Crippen LogP contribution in [0, 0.1) is 20.8 Å². The van der Waals surface area contributed by atoms with Crippen LogP contribution in [0.1, 0.15) is 53.5 Å². The van der Waals surface area contributed by atoms with Crippen LogP contribution in [0.3, 0.4) is 0 Å². The molecule has 0 aliphatic heterocycles. The molecule has 1 unspecified atom stereocenters. The maximum atomic E-state index is 13.3. The Morgan fingerprint density at radius 2 is 1.80 bits per heavy atom. The van der Waals surface area contributed by atoms with E-state index in [0.29, 0.717) is 0 Å². The van der Waals surface area contributed by atoms with Crippen molar-refractivity contribution < 1.29 is 4.79 Å². The zero-order valence-corrected chi connectivity index (χ0v) is 15.6. The van der Waals surface area contributed by atoms with E-state index in [2.05, 4.69) is 75.4 Å². The fraction of sp³-hybridized carbons (Fsp3) is 0.292. The average molecular weight is 330 g/mol. The molecule has 0 radical (unpaired) electrons. The van der Waals surface area contributed by atoms with Crippen molar-refractivity contribution in [1.29, 1.82) is 0 Å². The zero-order valence-electron chi connectivity index (χ0n) is 15.6. The van der Waals surface area contributed by atoms with E-state index < -0.39 is 0 Å². The normalized spacial score (nSPS) is 21.1. The van der Waals surface area contributed by atoms with E-state index in [9.17, 15) is 4.79 Å². The molecule has 0 saturated heterocycles. The van der Waals surface area contributed by atoms with Crippen LogP contribution in [0.5, 0.6) is 0 Å². The number of benzene rings is 2. The number of aryl methyl sites for hydroxylation is 3. The predicted octanol–water partition coefficient (Wildman–Crippen LogP) is 6.09. The average Bonchev–Trinajstić information content (AvgIpc) is 2.59. The van der Waals surface area contributed by atoms with Crippen molar-refractivity contribution in [3.05, 3.63) is 87.5 Å². The van der Waals surface area contributed by atoms with Crippen LogP contribution in [0.4, 0.5) is 0 Å². The topological polar surface area (TPSA) is 17.1 Å². The Labute approximate surface area is 151 Å². The van der Waals surface area contributed by atoms with Crippen molar-refractivity contribution in [3.8, 4) is 0 Å². The molecule has 1 aliphatic carbocycles. The number of rotatable bonds is 2. The molecular weight excluding hydrogens is 304 g/mol. The SMILES string of the molecule is C/C=C1/CCC(c2cccc(C)c2)C(=O)/C1=C/c1ccc(C)c(C)c1. The molecule has 128 valence electrons. The molecular formula is C24H26O. The Morgan fingerprint density at radius 1 is 1.00 bits per heavy atom. The zero-order chi connectivity index (χ0) is 18.0. The van der Waals surface area contributed by atoms with Crippen molar-refractivity contribution in [2.24, 2.45) is 0 Å². The molecule has 0 bridgehead atoms. The summed E-state index contributed by atoms with van der Waals surface area (Å²) in [6.07, 6.45) is 6.02. The number of hydrogen-bond donors (Lipinski definition) is 0. The molecule has 1 aliphatic rings. The van der Waals surface area contributed by atoms with Gasteiger partial charge in [-0.3, -0.25) is 4.79 Å². The summed E-state index contributed by atoms with van der Waals surface area (Å²) in [5, 5.41) is 0. The molecule has 1 heteroatoms. The summed E-state index contributed by atoms with van der Waals surface area (Å²) >= 11 is 0. The van der Waals surface area contributed by atoms with Gasteiger partial charge in [0.15, 0.2) is 5.78 Å². The summed E-state index contributed by atoms with van der Waals surface area (Å²) in [5.74, 6) is 0.226. The summed E-state index contributed by atoms with van der Waals surface area (Å²) < 4.78 is 0. The Bertz CT molecular complexity index is 867. The largest absolute Gasteiger partial charge is 0.293 e. The molecule has 25 heavy (non-hydrogen) atoms. The van der Waals surface area contributed by atoms with Crippen molar-refractivity contribution in [2.75, 3.05) is 0 Å². The third kappa shape index (κ3) is 3.66. The minimum Gasteiger partial charge on any atom is -0.293 e. The fourth-order valence-corrected chi connectivity index (χ4v) is 3.60. The maximum absolute atomic E-state index is 13.3. The van der Waals surface area contributed by atoms with E-state index >= 15 is 0 Å². The van der Waals surface area contributed by atoms with Crippen LogP contribution >= 0.6 is 0 Å². The molecule has 1 nitrogen and oxygen atoms in total. The Hall–Kier alpha value is -2.41. The maximum Gasteiger partial charge on any atom is 0.170 e. The number of ketones is 1. The van der Waals surface area contributed by atoms with Gasteiger partial charge in [-0.05, 0) is 74.4 Å². The van der Waals surface area contributed by atoms with Crippen molar-refractivity contribution in [2.45, 2.75) is 46.5 Å². The third-order valence-electron chi connectivity index (χ3n) is 5.27. The molecule has 0 aromatic heterocycles. The minimum absolute atomic E-state index is 0.0265. The van der Waals surface area contributed by atoms with Gasteiger partial charge in [0.2, 0.25) is 0 Å². The third-order valence-corrected chi connectivity index (χ3v) is 5.27. The first kappa shape index (κ1) is 17.4. The van der Waals surface area contributed by atoms with Crippen LogP contribution in [0.25, 0.3) is 6.08 Å². The highest BCUT2D eigenvalue weighted by Gasteiger charge is 2.30. The number of Topliss-reactive ketones (excluding diaryl/α,β-unsaturated/α-hetero) is 1. The van der Waals surface area contributed by atoms with Crippen molar-refractivity contribution in [3.63, 3.8) is 0 Å². The molecule has 3 rings (SSSR count).